The van der Waals surface area contributed by atoms with Crippen LogP contribution in [0.2, 0.25) is 0 Å². The molecule has 0 amide bonds. The van der Waals surface area contributed by atoms with E-state index < -0.39 is 0 Å². The van der Waals surface area contributed by atoms with E-state index in [2.05, 4.69) is 35.1 Å². The highest BCUT2D eigenvalue weighted by molar-refractivity contribution is 5.13. The average molecular weight is 174 g/mol. The molecule has 0 aromatic carbocycles. The van der Waals surface area contributed by atoms with Gasteiger partial charge in [-0.1, -0.05) is 12.0 Å². The van der Waals surface area contributed by atoms with Crippen molar-refractivity contribution in [3.8, 4) is 11.8 Å². The van der Waals surface area contributed by atoms with E-state index in [1.807, 2.05) is 19.2 Å². The first-order valence-corrected chi connectivity index (χ1v) is 4.37. The van der Waals surface area contributed by atoms with Crippen LogP contribution in [0.1, 0.15) is 25.5 Å². The summed E-state index contributed by atoms with van der Waals surface area (Å²) < 4.78 is 0. The van der Waals surface area contributed by atoms with Crippen LogP contribution in [0, 0.1) is 11.8 Å². The second kappa shape index (κ2) is 5.34. The van der Waals surface area contributed by atoms with Crippen LogP contribution in [0.25, 0.3) is 0 Å². The van der Waals surface area contributed by atoms with Crippen LogP contribution >= 0.6 is 0 Å². The van der Waals surface area contributed by atoms with E-state index in [1.54, 1.807) is 6.20 Å². The minimum absolute atomic E-state index is 0.314. The summed E-state index contributed by atoms with van der Waals surface area (Å²) in [5.74, 6) is 5.81. The van der Waals surface area contributed by atoms with Gasteiger partial charge >= 0.3 is 0 Å². The van der Waals surface area contributed by atoms with Crippen LogP contribution in [0.4, 0.5) is 0 Å². The van der Waals surface area contributed by atoms with Crippen LogP contribution in [0.15, 0.2) is 24.5 Å². The van der Waals surface area contributed by atoms with Gasteiger partial charge in [-0.2, -0.15) is 0 Å². The van der Waals surface area contributed by atoms with Gasteiger partial charge in [0.05, 0.1) is 6.54 Å². The van der Waals surface area contributed by atoms with Gasteiger partial charge in [0, 0.05) is 18.4 Å². The van der Waals surface area contributed by atoms with E-state index in [0.29, 0.717) is 6.04 Å². The smallest absolute Gasteiger partial charge is 0.0581 e. The molecular formula is C11H14N2. The van der Waals surface area contributed by atoms with Crippen LogP contribution < -0.4 is 5.32 Å². The SMILES string of the molecule is CC#CCNC(C)c1cccnc1. The number of aromatic nitrogens is 1. The molecule has 68 valence electrons. The Hall–Kier alpha value is -1.33. The van der Waals surface area contributed by atoms with E-state index in [0.717, 1.165) is 6.54 Å². The average Bonchev–Trinajstić information content (AvgIpc) is 2.19. The number of nitrogens with one attached hydrogen (secondary N) is 1. The summed E-state index contributed by atoms with van der Waals surface area (Å²) in [6, 6.07) is 4.32. The van der Waals surface area contributed by atoms with Gasteiger partial charge in [-0.25, -0.2) is 0 Å². The lowest BCUT2D eigenvalue weighted by Crippen LogP contribution is -2.18. The minimum Gasteiger partial charge on any atom is -0.300 e. The van der Waals surface area contributed by atoms with Gasteiger partial charge < -0.3 is 0 Å². The molecule has 0 aliphatic carbocycles. The fourth-order valence-electron chi connectivity index (χ4n) is 1.04. The highest BCUT2D eigenvalue weighted by Crippen LogP contribution is 2.08. The van der Waals surface area contributed by atoms with Gasteiger partial charge in [-0.05, 0) is 25.5 Å². The quantitative estimate of drug-likeness (QED) is 0.706. The molecule has 0 aliphatic rings. The zero-order valence-electron chi connectivity index (χ0n) is 8.04. The minimum atomic E-state index is 0.314. The number of pyridine rings is 1. The van der Waals surface area contributed by atoms with Crippen LogP contribution in [-0.4, -0.2) is 11.5 Å². The molecule has 1 N–H and O–H groups in total. The van der Waals surface area contributed by atoms with Crippen LogP contribution in [0.5, 0.6) is 0 Å². The molecule has 1 rings (SSSR count). The number of rotatable bonds is 3. The summed E-state index contributed by atoms with van der Waals surface area (Å²) in [7, 11) is 0. The predicted molar refractivity (Wildman–Crippen MR) is 54.1 cm³/mol. The summed E-state index contributed by atoms with van der Waals surface area (Å²) in [6.45, 7) is 4.68. The topological polar surface area (TPSA) is 24.9 Å². The van der Waals surface area contributed by atoms with Crippen molar-refractivity contribution < 1.29 is 0 Å². The molecule has 0 bridgehead atoms. The van der Waals surface area contributed by atoms with Gasteiger partial charge in [0.2, 0.25) is 0 Å². The fourth-order valence-corrected chi connectivity index (χ4v) is 1.04. The summed E-state index contributed by atoms with van der Waals surface area (Å²) in [5, 5.41) is 3.29. The van der Waals surface area contributed by atoms with Crippen molar-refractivity contribution in [2.75, 3.05) is 6.54 Å². The Labute approximate surface area is 79.4 Å². The first-order valence-electron chi connectivity index (χ1n) is 4.37. The van der Waals surface area contributed by atoms with Crippen molar-refractivity contribution in [3.05, 3.63) is 30.1 Å². The van der Waals surface area contributed by atoms with Crippen molar-refractivity contribution in [1.29, 1.82) is 0 Å². The highest BCUT2D eigenvalue weighted by Gasteiger charge is 2.01. The zero-order chi connectivity index (χ0) is 9.52. The van der Waals surface area contributed by atoms with Gasteiger partial charge in [-0.15, -0.1) is 5.92 Å². The van der Waals surface area contributed by atoms with Gasteiger partial charge in [0.1, 0.15) is 0 Å². The largest absolute Gasteiger partial charge is 0.300 e. The zero-order valence-corrected chi connectivity index (χ0v) is 8.04. The summed E-state index contributed by atoms with van der Waals surface area (Å²) >= 11 is 0. The van der Waals surface area contributed by atoms with Crippen molar-refractivity contribution >= 4 is 0 Å². The Bertz CT molecular complexity index is 295. The maximum absolute atomic E-state index is 4.06. The monoisotopic (exact) mass is 174 g/mol. The molecule has 1 atom stereocenters. The lowest BCUT2D eigenvalue weighted by Gasteiger charge is -2.10. The fraction of sp³-hybridized carbons (Fsp3) is 0.364. The maximum atomic E-state index is 4.06. The molecule has 0 spiro atoms. The molecule has 2 nitrogen and oxygen atoms in total. The van der Waals surface area contributed by atoms with E-state index in [4.69, 9.17) is 0 Å². The molecule has 0 aliphatic heterocycles. The van der Waals surface area contributed by atoms with E-state index in [-0.39, 0.29) is 0 Å². The molecule has 0 fully saturated rings. The molecule has 1 aromatic rings. The van der Waals surface area contributed by atoms with E-state index in [1.165, 1.54) is 5.56 Å². The Kier molecular flexibility index (Phi) is 4.01. The second-order valence-electron chi connectivity index (χ2n) is 2.82. The van der Waals surface area contributed by atoms with Crippen molar-refractivity contribution in [1.82, 2.24) is 10.3 Å². The van der Waals surface area contributed by atoms with Gasteiger partial charge in [-0.3, -0.25) is 10.3 Å². The first kappa shape index (κ1) is 9.76. The lowest BCUT2D eigenvalue weighted by atomic mass is 10.1. The standard InChI is InChI=1S/C11H14N2/c1-3-4-8-13-10(2)11-6-5-7-12-9-11/h5-7,9-10,13H,8H2,1-2H3. The maximum Gasteiger partial charge on any atom is 0.0581 e. The molecule has 0 radical (unpaired) electrons. The molecular weight excluding hydrogens is 160 g/mol. The van der Waals surface area contributed by atoms with E-state index in [9.17, 15) is 0 Å². The predicted octanol–water partition coefficient (Wildman–Crippen LogP) is 1.76. The molecule has 0 saturated heterocycles. The van der Waals surface area contributed by atoms with Crippen LogP contribution in [-0.2, 0) is 0 Å². The molecule has 1 heterocycles. The Morgan fingerprint density at radius 3 is 3.08 bits per heavy atom. The second-order valence-corrected chi connectivity index (χ2v) is 2.82. The number of hydrogen-bond acceptors (Lipinski definition) is 2. The summed E-state index contributed by atoms with van der Waals surface area (Å²) in [6.07, 6.45) is 3.65. The Morgan fingerprint density at radius 2 is 2.46 bits per heavy atom. The Morgan fingerprint density at radius 1 is 1.62 bits per heavy atom. The molecule has 1 aromatic heterocycles. The normalized spacial score (nSPS) is 11.5. The molecule has 13 heavy (non-hydrogen) atoms. The molecule has 2 heteroatoms. The third-order valence-corrected chi connectivity index (χ3v) is 1.86. The number of nitrogens with zero attached hydrogens (tertiary/aromatic N) is 1. The van der Waals surface area contributed by atoms with Gasteiger partial charge in [0.15, 0.2) is 0 Å². The summed E-state index contributed by atoms with van der Waals surface area (Å²) in [4.78, 5) is 4.06. The van der Waals surface area contributed by atoms with Crippen molar-refractivity contribution in [2.45, 2.75) is 19.9 Å². The molecule has 0 saturated carbocycles. The number of hydrogen-bond donors (Lipinski definition) is 1. The van der Waals surface area contributed by atoms with Gasteiger partial charge in [0.25, 0.3) is 0 Å². The Balaban J connectivity index is 2.47. The third kappa shape index (κ3) is 3.27. The highest BCUT2D eigenvalue weighted by atomic mass is 14.9. The lowest BCUT2D eigenvalue weighted by molar-refractivity contribution is 0.621. The van der Waals surface area contributed by atoms with Crippen molar-refractivity contribution in [3.63, 3.8) is 0 Å². The van der Waals surface area contributed by atoms with Crippen LogP contribution in [0.3, 0.4) is 0 Å². The first-order chi connectivity index (χ1) is 6.34. The van der Waals surface area contributed by atoms with Crippen molar-refractivity contribution in [2.24, 2.45) is 0 Å². The molecule has 1 unspecified atom stereocenters. The third-order valence-electron chi connectivity index (χ3n) is 1.86. The summed E-state index contributed by atoms with van der Waals surface area (Å²) in [5.41, 5.74) is 1.19. The van der Waals surface area contributed by atoms with E-state index >= 15 is 0 Å².